The molecule has 0 bridgehead atoms. The molecule has 2 N–H and O–H groups in total. The number of nitrogens with zero attached hydrogens (tertiary/aromatic N) is 2. The van der Waals surface area contributed by atoms with Gasteiger partial charge in [0.2, 0.25) is 0 Å². The van der Waals surface area contributed by atoms with Crippen molar-refractivity contribution >= 4 is 11.8 Å². The van der Waals surface area contributed by atoms with Crippen LogP contribution in [0, 0.1) is 12.8 Å². The van der Waals surface area contributed by atoms with Crippen LogP contribution >= 0.6 is 0 Å². The quantitative estimate of drug-likeness (QED) is 0.776. The number of carboxylic acids is 1. The number of anilines is 1. The summed E-state index contributed by atoms with van der Waals surface area (Å²) in [5, 5.41) is 8.89. The van der Waals surface area contributed by atoms with E-state index in [2.05, 4.69) is 9.97 Å². The predicted molar refractivity (Wildman–Crippen MR) is 62.2 cm³/mol. The Morgan fingerprint density at radius 2 is 2.18 bits per heavy atom. The highest BCUT2D eigenvalue weighted by atomic mass is 16.4. The van der Waals surface area contributed by atoms with Crippen molar-refractivity contribution in [3.8, 4) is 0 Å². The first-order chi connectivity index (χ1) is 8.08. The third-order valence-corrected chi connectivity index (χ3v) is 3.11. The van der Waals surface area contributed by atoms with Crippen molar-refractivity contribution in [1.82, 2.24) is 9.97 Å². The monoisotopic (exact) mass is 237 g/mol. The number of hydrogen-bond donors (Lipinski definition) is 2. The SMILES string of the molecule is Cc1nc(N2CCC(C(=O)O)CC2)c[nH]c1=O. The highest BCUT2D eigenvalue weighted by Crippen LogP contribution is 2.21. The van der Waals surface area contributed by atoms with E-state index in [0.29, 0.717) is 37.4 Å². The van der Waals surface area contributed by atoms with Crippen molar-refractivity contribution < 1.29 is 9.90 Å². The summed E-state index contributed by atoms with van der Waals surface area (Å²) in [5.74, 6) is -0.267. The number of aromatic nitrogens is 2. The van der Waals surface area contributed by atoms with E-state index < -0.39 is 5.97 Å². The number of nitrogens with one attached hydrogen (secondary N) is 1. The van der Waals surface area contributed by atoms with Gasteiger partial charge in [-0.05, 0) is 19.8 Å². The van der Waals surface area contributed by atoms with Crippen LogP contribution in [-0.2, 0) is 4.79 Å². The zero-order valence-corrected chi connectivity index (χ0v) is 9.64. The van der Waals surface area contributed by atoms with E-state index in [1.165, 1.54) is 0 Å². The average molecular weight is 237 g/mol. The molecule has 1 fully saturated rings. The fourth-order valence-corrected chi connectivity index (χ4v) is 2.01. The van der Waals surface area contributed by atoms with Gasteiger partial charge in [0.25, 0.3) is 5.56 Å². The number of aromatic amines is 1. The maximum absolute atomic E-state index is 11.2. The molecule has 92 valence electrons. The molecule has 1 aliphatic heterocycles. The van der Waals surface area contributed by atoms with E-state index in [4.69, 9.17) is 5.11 Å². The Labute approximate surface area is 98.3 Å². The lowest BCUT2D eigenvalue weighted by Crippen LogP contribution is -2.37. The van der Waals surface area contributed by atoms with Gasteiger partial charge in [0.1, 0.15) is 11.5 Å². The highest BCUT2D eigenvalue weighted by Gasteiger charge is 2.25. The van der Waals surface area contributed by atoms with Gasteiger partial charge < -0.3 is 15.0 Å². The molecule has 2 rings (SSSR count). The van der Waals surface area contributed by atoms with Gasteiger partial charge in [0.15, 0.2) is 0 Å². The minimum Gasteiger partial charge on any atom is -0.481 e. The fraction of sp³-hybridized carbons (Fsp3) is 0.545. The van der Waals surface area contributed by atoms with Gasteiger partial charge in [-0.3, -0.25) is 9.59 Å². The van der Waals surface area contributed by atoms with Gasteiger partial charge in [-0.15, -0.1) is 0 Å². The Bertz CT molecular complexity index is 475. The van der Waals surface area contributed by atoms with Crippen molar-refractivity contribution in [2.75, 3.05) is 18.0 Å². The number of hydrogen-bond acceptors (Lipinski definition) is 4. The molecule has 0 aromatic carbocycles. The largest absolute Gasteiger partial charge is 0.481 e. The number of aliphatic carboxylic acids is 1. The summed E-state index contributed by atoms with van der Waals surface area (Å²) in [6, 6.07) is 0. The van der Waals surface area contributed by atoms with Gasteiger partial charge in [-0.25, -0.2) is 4.98 Å². The molecule has 0 amide bonds. The number of rotatable bonds is 2. The van der Waals surface area contributed by atoms with E-state index in [-0.39, 0.29) is 11.5 Å². The molecule has 0 radical (unpaired) electrons. The molecule has 0 saturated carbocycles. The molecule has 1 aliphatic rings. The van der Waals surface area contributed by atoms with E-state index in [1.54, 1.807) is 13.1 Å². The maximum atomic E-state index is 11.2. The smallest absolute Gasteiger partial charge is 0.306 e. The van der Waals surface area contributed by atoms with Crippen LogP contribution in [0.4, 0.5) is 5.82 Å². The lowest BCUT2D eigenvalue weighted by molar-refractivity contribution is -0.142. The second kappa shape index (κ2) is 4.57. The second-order valence-corrected chi connectivity index (χ2v) is 4.27. The molecule has 2 heterocycles. The Morgan fingerprint density at radius 3 is 2.71 bits per heavy atom. The van der Waals surface area contributed by atoms with Crippen molar-refractivity contribution in [2.45, 2.75) is 19.8 Å². The van der Waals surface area contributed by atoms with Crippen LogP contribution in [0.1, 0.15) is 18.5 Å². The Kier molecular flexibility index (Phi) is 3.12. The van der Waals surface area contributed by atoms with Gasteiger partial charge in [-0.2, -0.15) is 0 Å². The van der Waals surface area contributed by atoms with Crippen LogP contribution in [0.5, 0.6) is 0 Å². The predicted octanol–water partition coefficient (Wildman–Crippen LogP) is 0.379. The lowest BCUT2D eigenvalue weighted by Gasteiger charge is -2.30. The minimum absolute atomic E-state index is 0.186. The van der Waals surface area contributed by atoms with Crippen molar-refractivity contribution in [3.63, 3.8) is 0 Å². The van der Waals surface area contributed by atoms with Crippen molar-refractivity contribution in [3.05, 3.63) is 22.2 Å². The molecule has 1 aromatic rings. The van der Waals surface area contributed by atoms with E-state index >= 15 is 0 Å². The minimum atomic E-state index is -0.727. The Hall–Kier alpha value is -1.85. The molecule has 1 saturated heterocycles. The summed E-state index contributed by atoms with van der Waals surface area (Å²) in [4.78, 5) is 30.8. The summed E-state index contributed by atoms with van der Waals surface area (Å²) in [6.45, 7) is 2.98. The molecule has 6 nitrogen and oxygen atoms in total. The normalized spacial score (nSPS) is 17.1. The van der Waals surface area contributed by atoms with Gasteiger partial charge in [0, 0.05) is 19.3 Å². The van der Waals surface area contributed by atoms with Crippen LogP contribution in [0.2, 0.25) is 0 Å². The van der Waals surface area contributed by atoms with E-state index in [1.807, 2.05) is 4.90 Å². The first-order valence-electron chi connectivity index (χ1n) is 5.62. The first-order valence-corrected chi connectivity index (χ1v) is 5.62. The molecule has 0 spiro atoms. The van der Waals surface area contributed by atoms with E-state index in [9.17, 15) is 9.59 Å². The zero-order valence-electron chi connectivity index (χ0n) is 9.64. The Morgan fingerprint density at radius 1 is 1.53 bits per heavy atom. The number of aryl methyl sites for hydroxylation is 1. The molecular weight excluding hydrogens is 222 g/mol. The summed E-state index contributed by atoms with van der Waals surface area (Å²) in [5.41, 5.74) is 0.247. The number of carboxylic acid groups (broad SMARTS) is 1. The standard InChI is InChI=1S/C11H15N3O3/c1-7-10(15)12-6-9(13-7)14-4-2-8(3-5-14)11(16)17/h6,8H,2-5H2,1H3,(H,12,15)(H,16,17). The Balaban J connectivity index is 2.08. The molecular formula is C11H15N3O3. The highest BCUT2D eigenvalue weighted by molar-refractivity contribution is 5.70. The van der Waals surface area contributed by atoms with Gasteiger partial charge >= 0.3 is 5.97 Å². The molecule has 1 aromatic heterocycles. The fourth-order valence-electron chi connectivity index (χ4n) is 2.01. The third-order valence-electron chi connectivity index (χ3n) is 3.11. The third kappa shape index (κ3) is 2.46. The average Bonchev–Trinajstić information content (AvgIpc) is 2.33. The van der Waals surface area contributed by atoms with Crippen LogP contribution < -0.4 is 10.5 Å². The van der Waals surface area contributed by atoms with Crippen molar-refractivity contribution in [1.29, 1.82) is 0 Å². The van der Waals surface area contributed by atoms with Crippen LogP contribution in [0.25, 0.3) is 0 Å². The summed E-state index contributed by atoms with van der Waals surface area (Å²) in [7, 11) is 0. The van der Waals surface area contributed by atoms with E-state index in [0.717, 1.165) is 0 Å². The zero-order chi connectivity index (χ0) is 12.4. The molecule has 0 atom stereocenters. The molecule has 0 aliphatic carbocycles. The summed E-state index contributed by atoms with van der Waals surface area (Å²) < 4.78 is 0. The number of H-pyrrole nitrogens is 1. The summed E-state index contributed by atoms with van der Waals surface area (Å²) >= 11 is 0. The van der Waals surface area contributed by atoms with Crippen LogP contribution in [-0.4, -0.2) is 34.1 Å². The number of carbonyl (C=O) groups is 1. The van der Waals surface area contributed by atoms with Crippen LogP contribution in [0.15, 0.2) is 11.0 Å². The van der Waals surface area contributed by atoms with Gasteiger partial charge in [-0.1, -0.05) is 0 Å². The number of piperidine rings is 1. The molecule has 6 heteroatoms. The summed E-state index contributed by atoms with van der Waals surface area (Å²) in [6.07, 6.45) is 2.82. The lowest BCUT2D eigenvalue weighted by atomic mass is 9.97. The molecule has 0 unspecified atom stereocenters. The molecule has 17 heavy (non-hydrogen) atoms. The topological polar surface area (TPSA) is 86.3 Å². The maximum Gasteiger partial charge on any atom is 0.306 e. The second-order valence-electron chi connectivity index (χ2n) is 4.27. The van der Waals surface area contributed by atoms with Gasteiger partial charge in [0.05, 0.1) is 5.92 Å². The first kappa shape index (κ1) is 11.6. The van der Waals surface area contributed by atoms with Crippen LogP contribution in [0.3, 0.4) is 0 Å². The van der Waals surface area contributed by atoms with Crippen molar-refractivity contribution in [2.24, 2.45) is 5.92 Å².